The number of hydrogen-bond acceptors (Lipinski definition) is 4. The number of piperidine rings is 1. The fourth-order valence-electron chi connectivity index (χ4n) is 2.86. The second-order valence-electron chi connectivity index (χ2n) is 5.93. The number of methoxy groups -OCH3 is 1. The van der Waals surface area contributed by atoms with Gasteiger partial charge in [0.05, 0.1) is 6.10 Å². The highest BCUT2D eigenvalue weighted by atomic mass is 32.2. The Kier molecular flexibility index (Phi) is 7.59. The van der Waals surface area contributed by atoms with E-state index in [1.54, 1.807) is 31.0 Å². The highest BCUT2D eigenvalue weighted by molar-refractivity contribution is 7.98. The molecule has 1 fully saturated rings. The monoisotopic (exact) mass is 350 g/mol. The summed E-state index contributed by atoms with van der Waals surface area (Å²) < 4.78 is 5.36. The molecule has 132 valence electrons. The Labute approximate surface area is 148 Å². The van der Waals surface area contributed by atoms with E-state index in [1.807, 2.05) is 29.4 Å². The largest absolute Gasteiger partial charge is 0.381 e. The van der Waals surface area contributed by atoms with Crippen LogP contribution in [0.1, 0.15) is 29.6 Å². The van der Waals surface area contributed by atoms with E-state index >= 15 is 0 Å². The molecule has 0 aliphatic carbocycles. The number of amides is 2. The van der Waals surface area contributed by atoms with Crippen LogP contribution in [0.4, 0.5) is 0 Å². The first-order chi connectivity index (χ1) is 11.7. The van der Waals surface area contributed by atoms with Crippen LogP contribution in [0.3, 0.4) is 0 Å². The molecule has 2 amide bonds. The standard InChI is InChI=1S/C18H26N2O3S/c1-23-15-8-11-20(12-9-15)18(22)16(10-13-24-2)19-17(21)14-6-4-3-5-7-14/h3-7,15-16H,8-13H2,1-2H3,(H,19,21). The first kappa shape index (κ1) is 18.8. The van der Waals surface area contributed by atoms with E-state index < -0.39 is 6.04 Å². The maximum absolute atomic E-state index is 12.8. The summed E-state index contributed by atoms with van der Waals surface area (Å²) in [6.07, 6.45) is 4.58. The fourth-order valence-corrected chi connectivity index (χ4v) is 3.33. The summed E-state index contributed by atoms with van der Waals surface area (Å²) in [5.74, 6) is 0.657. The van der Waals surface area contributed by atoms with Gasteiger partial charge in [0.25, 0.3) is 5.91 Å². The number of nitrogens with zero attached hydrogens (tertiary/aromatic N) is 1. The summed E-state index contributed by atoms with van der Waals surface area (Å²) in [6, 6.07) is 8.56. The van der Waals surface area contributed by atoms with E-state index in [0.717, 1.165) is 18.6 Å². The molecule has 1 aromatic rings. The molecular weight excluding hydrogens is 324 g/mol. The molecule has 24 heavy (non-hydrogen) atoms. The number of ether oxygens (including phenoxy) is 1. The molecule has 0 spiro atoms. The number of thioether (sulfide) groups is 1. The second kappa shape index (κ2) is 9.69. The van der Waals surface area contributed by atoms with Crippen LogP contribution >= 0.6 is 11.8 Å². The molecule has 1 heterocycles. The molecule has 5 nitrogen and oxygen atoms in total. The second-order valence-corrected chi connectivity index (χ2v) is 6.92. The Hall–Kier alpha value is -1.53. The Morgan fingerprint density at radius 3 is 2.54 bits per heavy atom. The summed E-state index contributed by atoms with van der Waals surface area (Å²) in [6.45, 7) is 1.38. The van der Waals surface area contributed by atoms with Crippen molar-refractivity contribution in [1.82, 2.24) is 10.2 Å². The average Bonchev–Trinajstić information content (AvgIpc) is 2.65. The van der Waals surface area contributed by atoms with Crippen molar-refractivity contribution in [3.8, 4) is 0 Å². The lowest BCUT2D eigenvalue weighted by molar-refractivity contribution is -0.135. The normalized spacial score (nSPS) is 16.7. The minimum Gasteiger partial charge on any atom is -0.381 e. The number of hydrogen-bond donors (Lipinski definition) is 1. The molecule has 6 heteroatoms. The molecule has 2 rings (SSSR count). The van der Waals surface area contributed by atoms with Gasteiger partial charge in [-0.2, -0.15) is 11.8 Å². The number of carbonyl (C=O) groups is 2. The number of nitrogens with one attached hydrogen (secondary N) is 1. The Morgan fingerprint density at radius 1 is 1.29 bits per heavy atom. The molecule has 1 saturated heterocycles. The summed E-state index contributed by atoms with van der Waals surface area (Å²) in [4.78, 5) is 27.1. The van der Waals surface area contributed by atoms with Crippen molar-refractivity contribution < 1.29 is 14.3 Å². The Bertz CT molecular complexity index is 530. The van der Waals surface area contributed by atoms with Gasteiger partial charge in [-0.25, -0.2) is 0 Å². The van der Waals surface area contributed by atoms with E-state index in [9.17, 15) is 9.59 Å². The van der Waals surface area contributed by atoms with Crippen molar-refractivity contribution in [2.24, 2.45) is 0 Å². The quantitative estimate of drug-likeness (QED) is 0.819. The van der Waals surface area contributed by atoms with Gasteiger partial charge in [-0.05, 0) is 43.4 Å². The van der Waals surface area contributed by atoms with Gasteiger partial charge >= 0.3 is 0 Å². The van der Waals surface area contributed by atoms with Crippen molar-refractivity contribution in [1.29, 1.82) is 0 Å². The highest BCUT2D eigenvalue weighted by Gasteiger charge is 2.29. The third-order valence-electron chi connectivity index (χ3n) is 4.34. The van der Waals surface area contributed by atoms with Crippen molar-refractivity contribution in [2.75, 3.05) is 32.2 Å². The molecule has 0 radical (unpaired) electrons. The predicted molar refractivity (Wildman–Crippen MR) is 97.3 cm³/mol. The smallest absolute Gasteiger partial charge is 0.251 e. The van der Waals surface area contributed by atoms with Gasteiger partial charge in [0.15, 0.2) is 0 Å². The van der Waals surface area contributed by atoms with Gasteiger partial charge in [0.2, 0.25) is 5.91 Å². The van der Waals surface area contributed by atoms with E-state index in [2.05, 4.69) is 5.32 Å². The van der Waals surface area contributed by atoms with Crippen LogP contribution < -0.4 is 5.32 Å². The van der Waals surface area contributed by atoms with E-state index in [0.29, 0.717) is 25.1 Å². The van der Waals surface area contributed by atoms with Crippen LogP contribution in [0.5, 0.6) is 0 Å². The zero-order chi connectivity index (χ0) is 17.4. The van der Waals surface area contributed by atoms with Crippen LogP contribution in [0.2, 0.25) is 0 Å². The highest BCUT2D eigenvalue weighted by Crippen LogP contribution is 2.15. The van der Waals surface area contributed by atoms with Crippen LogP contribution in [0, 0.1) is 0 Å². The number of likely N-dealkylation sites (tertiary alicyclic amines) is 1. The van der Waals surface area contributed by atoms with Crippen molar-refractivity contribution in [3.63, 3.8) is 0 Å². The lowest BCUT2D eigenvalue weighted by atomic mass is 10.1. The van der Waals surface area contributed by atoms with E-state index in [4.69, 9.17) is 4.74 Å². The minimum atomic E-state index is -0.468. The van der Waals surface area contributed by atoms with Gasteiger partial charge in [0.1, 0.15) is 6.04 Å². The number of benzene rings is 1. The van der Waals surface area contributed by atoms with Crippen LogP contribution in [0.25, 0.3) is 0 Å². The molecule has 1 atom stereocenters. The van der Waals surface area contributed by atoms with Gasteiger partial charge in [-0.3, -0.25) is 9.59 Å². The molecule has 1 aromatic carbocycles. The summed E-state index contributed by atoms with van der Waals surface area (Å²) in [5.41, 5.74) is 0.581. The van der Waals surface area contributed by atoms with Crippen LogP contribution in [-0.2, 0) is 9.53 Å². The van der Waals surface area contributed by atoms with Crippen molar-refractivity contribution in [3.05, 3.63) is 35.9 Å². The maximum atomic E-state index is 12.8. The molecule has 0 bridgehead atoms. The van der Waals surface area contributed by atoms with Crippen LogP contribution in [-0.4, -0.2) is 61.1 Å². The zero-order valence-electron chi connectivity index (χ0n) is 14.4. The molecule has 0 aromatic heterocycles. The SMILES string of the molecule is COC1CCN(C(=O)C(CCSC)NC(=O)c2ccccc2)CC1. The first-order valence-corrected chi connectivity index (χ1v) is 9.71. The van der Waals surface area contributed by atoms with Gasteiger partial charge in [-0.1, -0.05) is 18.2 Å². The summed E-state index contributed by atoms with van der Waals surface area (Å²) >= 11 is 1.68. The van der Waals surface area contributed by atoms with E-state index in [-0.39, 0.29) is 17.9 Å². The third kappa shape index (κ3) is 5.24. The van der Waals surface area contributed by atoms with Gasteiger partial charge in [-0.15, -0.1) is 0 Å². The van der Waals surface area contributed by atoms with Crippen LogP contribution in [0.15, 0.2) is 30.3 Å². The fraction of sp³-hybridized carbons (Fsp3) is 0.556. The minimum absolute atomic E-state index is 0.0166. The molecule has 1 unspecified atom stereocenters. The molecule has 1 aliphatic rings. The summed E-state index contributed by atoms with van der Waals surface area (Å²) in [7, 11) is 1.71. The predicted octanol–water partition coefficient (Wildman–Crippen LogP) is 2.18. The number of carbonyl (C=O) groups excluding carboxylic acids is 2. The van der Waals surface area contributed by atoms with Crippen molar-refractivity contribution in [2.45, 2.75) is 31.4 Å². The maximum Gasteiger partial charge on any atom is 0.251 e. The molecule has 1 aliphatic heterocycles. The lowest BCUT2D eigenvalue weighted by Gasteiger charge is -2.33. The molecular formula is C18H26N2O3S. The number of rotatable bonds is 7. The topological polar surface area (TPSA) is 58.6 Å². The Balaban J connectivity index is 1.99. The average molecular weight is 350 g/mol. The Morgan fingerprint density at radius 2 is 1.96 bits per heavy atom. The van der Waals surface area contributed by atoms with Gasteiger partial charge in [0, 0.05) is 25.8 Å². The lowest BCUT2D eigenvalue weighted by Crippen LogP contribution is -2.51. The first-order valence-electron chi connectivity index (χ1n) is 8.32. The van der Waals surface area contributed by atoms with E-state index in [1.165, 1.54) is 0 Å². The van der Waals surface area contributed by atoms with Gasteiger partial charge < -0.3 is 15.0 Å². The zero-order valence-corrected chi connectivity index (χ0v) is 15.2. The molecule has 1 N–H and O–H groups in total. The summed E-state index contributed by atoms with van der Waals surface area (Å²) in [5, 5.41) is 2.92. The molecule has 0 saturated carbocycles. The third-order valence-corrected chi connectivity index (χ3v) is 4.98. The van der Waals surface area contributed by atoms with Crippen molar-refractivity contribution >= 4 is 23.6 Å².